The molecule has 1 aromatic carbocycles. The van der Waals surface area contributed by atoms with Crippen molar-refractivity contribution in [2.45, 2.75) is 213 Å². The van der Waals surface area contributed by atoms with Gasteiger partial charge >= 0.3 is 11.9 Å². The summed E-state index contributed by atoms with van der Waals surface area (Å²) >= 11 is 0. The molecule has 0 radical (unpaired) electrons. The third kappa shape index (κ3) is 46.4. The van der Waals surface area contributed by atoms with E-state index in [9.17, 15) is 53.4 Å². The van der Waals surface area contributed by atoms with Crippen molar-refractivity contribution in [1.82, 2.24) is 16.0 Å². The van der Waals surface area contributed by atoms with Crippen molar-refractivity contribution in [3.05, 3.63) is 29.8 Å². The summed E-state index contributed by atoms with van der Waals surface area (Å²) in [5, 5.41) is 36.0. The van der Waals surface area contributed by atoms with Crippen LogP contribution in [0.15, 0.2) is 29.3 Å². The van der Waals surface area contributed by atoms with Crippen molar-refractivity contribution < 1.29 is 77.4 Å². The Morgan fingerprint density at radius 2 is 1.14 bits per heavy atom. The number of carboxylic acids is 2. The molecule has 0 saturated heterocycles. The molecule has 0 saturated carbocycles. The fourth-order valence-electron chi connectivity index (χ4n) is 9.04. The van der Waals surface area contributed by atoms with Gasteiger partial charge in [0.2, 0.25) is 17.7 Å². The first-order valence-electron chi connectivity index (χ1n) is 31.5. The molecule has 23 nitrogen and oxygen atoms in total. The van der Waals surface area contributed by atoms with E-state index in [0.717, 1.165) is 44.1 Å². The number of ether oxygens (including phenoxy) is 4. The Kier molecular flexibility index (Phi) is 49.7. The molecule has 0 fully saturated rings. The second-order valence-corrected chi connectivity index (χ2v) is 22.0. The van der Waals surface area contributed by atoms with Crippen LogP contribution in [-0.4, -0.2) is 159 Å². The minimum atomic E-state index is -1.08. The van der Waals surface area contributed by atoms with Crippen LogP contribution in [0.5, 0.6) is 5.75 Å². The molecule has 492 valence electrons. The Morgan fingerprint density at radius 3 is 1.73 bits per heavy atom. The molecular weight excluding hydrogens is 1110 g/mol. The van der Waals surface area contributed by atoms with E-state index in [1.807, 2.05) is 13.8 Å². The zero-order valence-corrected chi connectivity index (χ0v) is 52.4. The van der Waals surface area contributed by atoms with Gasteiger partial charge < -0.3 is 67.4 Å². The smallest absolute Gasteiger partial charge is 0.306 e. The number of ketones is 4. The monoisotopic (exact) mass is 1220 g/mol. The highest BCUT2D eigenvalue weighted by molar-refractivity contribution is 5.93. The zero-order valence-electron chi connectivity index (χ0n) is 52.4. The fraction of sp³-hybridized carbons (Fsp3) is 0.746. The molecule has 3 amide bonds. The number of aliphatic carboxylic acids is 2. The zero-order chi connectivity index (χ0) is 64.2. The quantitative estimate of drug-likeness (QED) is 0.0183. The average molecular weight is 1220 g/mol. The minimum absolute atomic E-state index is 0.00938. The van der Waals surface area contributed by atoms with Gasteiger partial charge in [-0.2, -0.15) is 0 Å². The van der Waals surface area contributed by atoms with E-state index in [-0.39, 0.29) is 151 Å². The second kappa shape index (κ2) is 53.4. The number of phenolic OH excluding ortho intramolecular Hbond substituents is 1. The number of carboxylic acid groups (broad SMARTS) is 2. The Bertz CT molecular complexity index is 2070. The van der Waals surface area contributed by atoms with E-state index in [4.69, 9.17) is 41.3 Å². The molecular formula is C63H109N7O16. The number of nitrogens with one attached hydrogen (secondary N) is 3. The van der Waals surface area contributed by atoms with Gasteiger partial charge in [0.05, 0.1) is 57.6 Å². The third-order valence-corrected chi connectivity index (χ3v) is 14.4. The van der Waals surface area contributed by atoms with Crippen LogP contribution in [0.4, 0.5) is 0 Å². The van der Waals surface area contributed by atoms with Gasteiger partial charge in [0.25, 0.3) is 0 Å². The lowest BCUT2D eigenvalue weighted by Crippen LogP contribution is -2.51. The predicted octanol–water partition coefficient (Wildman–Crippen LogP) is 6.82. The maximum atomic E-state index is 13.6. The molecule has 12 N–H and O–H groups in total. The average Bonchev–Trinajstić information content (AvgIpc) is 3.58. The lowest BCUT2D eigenvalue weighted by Gasteiger charge is -2.25. The summed E-state index contributed by atoms with van der Waals surface area (Å²) in [5.41, 5.74) is 17.3. The summed E-state index contributed by atoms with van der Waals surface area (Å²) in [6.45, 7) is 9.08. The van der Waals surface area contributed by atoms with Gasteiger partial charge in [-0.3, -0.25) is 48.1 Å². The number of nitrogens with two attached hydrogens (primary N) is 3. The Balaban J connectivity index is 0.00000419. The number of aromatic hydroxyl groups is 1. The van der Waals surface area contributed by atoms with E-state index in [0.29, 0.717) is 51.5 Å². The number of benzene rings is 1. The number of guanidine groups is 1. The molecule has 1 rings (SSSR count). The van der Waals surface area contributed by atoms with Crippen LogP contribution >= 0.6 is 0 Å². The maximum absolute atomic E-state index is 13.6. The lowest BCUT2D eigenvalue weighted by molar-refractivity contribution is -0.144. The topological polar surface area (TPSA) is 378 Å². The number of carbonyl (C=O) groups excluding carboxylic acids is 7. The largest absolute Gasteiger partial charge is 0.508 e. The summed E-state index contributed by atoms with van der Waals surface area (Å²) in [6.07, 6.45) is 19.8. The number of primary amides is 1. The number of hydrogen-bond donors (Lipinski definition) is 9. The molecule has 0 aromatic heterocycles. The van der Waals surface area contributed by atoms with E-state index in [1.54, 1.807) is 12.1 Å². The number of phenols is 1. The van der Waals surface area contributed by atoms with Crippen LogP contribution < -0.4 is 33.2 Å². The first kappa shape index (κ1) is 80.1. The van der Waals surface area contributed by atoms with Crippen LogP contribution in [-0.2, 0) is 68.5 Å². The first-order valence-corrected chi connectivity index (χ1v) is 31.5. The highest BCUT2D eigenvalue weighted by Crippen LogP contribution is 2.20. The molecule has 0 aliphatic rings. The molecule has 0 unspecified atom stereocenters. The molecule has 0 aliphatic carbocycles. The summed E-state index contributed by atoms with van der Waals surface area (Å²) in [5.74, 6) is -6.00. The summed E-state index contributed by atoms with van der Waals surface area (Å²) in [4.78, 5) is 115. The molecule has 0 heterocycles. The molecule has 0 spiro atoms. The molecule has 23 heteroatoms. The van der Waals surface area contributed by atoms with E-state index in [2.05, 4.69) is 34.8 Å². The highest BCUT2D eigenvalue weighted by Gasteiger charge is 2.30. The Labute approximate surface area is 511 Å². The van der Waals surface area contributed by atoms with Crippen LogP contribution in [0.25, 0.3) is 0 Å². The fourth-order valence-corrected chi connectivity index (χ4v) is 9.04. The summed E-state index contributed by atoms with van der Waals surface area (Å²) in [7, 11) is 0. The van der Waals surface area contributed by atoms with Crippen molar-refractivity contribution >= 4 is 58.8 Å². The van der Waals surface area contributed by atoms with Gasteiger partial charge in [-0.15, -0.1) is 0 Å². The summed E-state index contributed by atoms with van der Waals surface area (Å²) < 4.78 is 21.8. The number of amides is 3. The number of carbonyl (C=O) groups is 9. The molecule has 1 aromatic rings. The first-order chi connectivity index (χ1) is 41.2. The maximum Gasteiger partial charge on any atom is 0.306 e. The van der Waals surface area contributed by atoms with Crippen LogP contribution in [0, 0.1) is 17.8 Å². The number of rotatable bonds is 57. The predicted molar refractivity (Wildman–Crippen MR) is 330 cm³/mol. The molecule has 0 aliphatic heterocycles. The van der Waals surface area contributed by atoms with Gasteiger partial charge in [-0.1, -0.05) is 123 Å². The highest BCUT2D eigenvalue weighted by atomic mass is 16.5. The van der Waals surface area contributed by atoms with Crippen molar-refractivity contribution in [1.29, 1.82) is 0 Å². The van der Waals surface area contributed by atoms with Crippen molar-refractivity contribution in [3.8, 4) is 5.75 Å². The van der Waals surface area contributed by atoms with Gasteiger partial charge in [0.15, 0.2) is 23.3 Å². The number of Topliss-reactive ketones (excluding diaryl/α,β-unsaturated/α-hetero) is 4. The van der Waals surface area contributed by atoms with Crippen molar-refractivity contribution in [2.24, 2.45) is 39.9 Å². The van der Waals surface area contributed by atoms with Crippen LogP contribution in [0.3, 0.4) is 0 Å². The number of hydrogen-bond acceptors (Lipinski definition) is 16. The van der Waals surface area contributed by atoms with Gasteiger partial charge in [0.1, 0.15) is 24.7 Å². The third-order valence-electron chi connectivity index (χ3n) is 14.4. The molecule has 86 heavy (non-hydrogen) atoms. The van der Waals surface area contributed by atoms with Crippen LogP contribution in [0.2, 0.25) is 0 Å². The van der Waals surface area contributed by atoms with Gasteiger partial charge in [0, 0.05) is 64.1 Å². The normalized spacial score (nSPS) is 12.8. The number of nitrogens with zero attached hydrogens (tertiary/aromatic N) is 1. The lowest BCUT2D eigenvalue weighted by atomic mass is 9.90. The van der Waals surface area contributed by atoms with E-state index in [1.165, 1.54) is 63.5 Å². The molecule has 0 bridgehead atoms. The van der Waals surface area contributed by atoms with Crippen molar-refractivity contribution in [3.63, 3.8) is 0 Å². The van der Waals surface area contributed by atoms with Crippen LogP contribution in [0.1, 0.15) is 200 Å². The second-order valence-electron chi connectivity index (χ2n) is 22.0. The Hall–Kier alpha value is -5.88. The number of aliphatic imine (C=N–C) groups is 1. The van der Waals surface area contributed by atoms with Gasteiger partial charge in [-0.25, -0.2) is 0 Å². The van der Waals surface area contributed by atoms with E-state index < -0.39 is 47.7 Å². The number of unbranched alkanes of at least 4 members (excludes halogenated alkanes) is 13. The van der Waals surface area contributed by atoms with E-state index >= 15 is 0 Å². The molecule has 5 atom stereocenters. The van der Waals surface area contributed by atoms with Gasteiger partial charge in [-0.05, 0) is 75.0 Å². The van der Waals surface area contributed by atoms with Crippen molar-refractivity contribution in [2.75, 3.05) is 72.5 Å². The Morgan fingerprint density at radius 1 is 0.570 bits per heavy atom. The summed E-state index contributed by atoms with van der Waals surface area (Å²) in [6, 6.07) is 4.60. The minimum Gasteiger partial charge on any atom is -0.508 e. The standard InChI is InChI=1S/C50H83N7O14.C13H26O2/c1-4-6-7-8-12-40(59)30-37(49(66)67)17-20-45(63)54-22-24-69-26-27-70-33-41(60)13-11-23-68-25-28-71-34-46(64)57-47(35(3)5-2)44(62)32-56-42(14-9-10-21-55-50(52)53)43(61)31-38(48(51)65)29-36-15-18-39(58)19-16-36;1-2-3-4-5-6-7-8-9-10-11-12-13(14)15/h15-16,18-19,35,37-38,42,47,56,58H,4-14,17,20-34H2,1-3H3,(H2,51,65)(H,54,63)(H,57,64)(H,66,67)(H4,52,53,55);2-12H2,1H3,(H,14,15)/t35-,37+,38+,42-,47-;/m0./s1. The SMILES string of the molecule is CCCCCCC(=O)C[C@@H](CCC(=O)NCCOCCOCC(=O)CCCOCCOCC(=O)N[C@H](C(=O)CN[C@@H](CCCCN=C(N)N)C(=O)C[C@@H](Cc1ccc(O)cc1)C(N)=O)[C@@H](C)CC)C(=O)O.CCCCCCCCCCCCC(=O)O.